The van der Waals surface area contributed by atoms with Crippen LogP contribution in [0.1, 0.15) is 35.3 Å². The molecule has 3 aromatic rings. The van der Waals surface area contributed by atoms with E-state index in [1.165, 1.54) is 0 Å². The van der Waals surface area contributed by atoms with Gasteiger partial charge in [0.1, 0.15) is 5.82 Å². The normalized spacial score (nSPS) is 22.2. The number of hydrogen-bond acceptors (Lipinski definition) is 6. The van der Waals surface area contributed by atoms with Crippen LogP contribution in [-0.2, 0) is 6.18 Å². The van der Waals surface area contributed by atoms with Gasteiger partial charge in [-0.25, -0.2) is 19.9 Å². The minimum absolute atomic E-state index is 0.0529. The third-order valence-electron chi connectivity index (χ3n) is 6.01. The molecular formula is C22H19F3N6O. The van der Waals surface area contributed by atoms with Crippen LogP contribution in [0.5, 0.6) is 0 Å². The molecule has 3 atom stereocenters. The minimum Gasteiger partial charge on any atom is -0.364 e. The second kappa shape index (κ2) is 7.85. The van der Waals surface area contributed by atoms with Gasteiger partial charge < -0.3 is 10.2 Å². The van der Waals surface area contributed by atoms with Crippen molar-refractivity contribution < 1.29 is 18.0 Å². The Balaban J connectivity index is 1.36. The molecule has 4 heterocycles. The molecule has 5 rings (SSSR count). The molecule has 1 amide bonds. The van der Waals surface area contributed by atoms with E-state index in [-0.39, 0.29) is 29.9 Å². The molecule has 0 saturated carbocycles. The van der Waals surface area contributed by atoms with Crippen LogP contribution in [0.2, 0.25) is 0 Å². The van der Waals surface area contributed by atoms with E-state index >= 15 is 0 Å². The predicted molar refractivity (Wildman–Crippen MR) is 110 cm³/mol. The average molecular weight is 440 g/mol. The van der Waals surface area contributed by atoms with E-state index in [0.29, 0.717) is 29.6 Å². The van der Waals surface area contributed by atoms with Gasteiger partial charge in [0.2, 0.25) is 0 Å². The highest BCUT2D eigenvalue weighted by molar-refractivity contribution is 6.00. The van der Waals surface area contributed by atoms with Crippen LogP contribution in [0.25, 0.3) is 11.4 Å². The number of alkyl halides is 3. The highest BCUT2D eigenvalue weighted by Gasteiger charge is 2.49. The van der Waals surface area contributed by atoms with Gasteiger partial charge in [-0.2, -0.15) is 13.2 Å². The molecule has 0 unspecified atom stereocenters. The lowest BCUT2D eigenvalue weighted by atomic mass is 9.95. The second-order valence-electron chi connectivity index (χ2n) is 7.90. The van der Waals surface area contributed by atoms with Crippen LogP contribution in [0.3, 0.4) is 0 Å². The van der Waals surface area contributed by atoms with Gasteiger partial charge in [-0.15, -0.1) is 0 Å². The predicted octanol–water partition coefficient (Wildman–Crippen LogP) is 3.81. The molecular weight excluding hydrogens is 421 g/mol. The molecule has 164 valence electrons. The van der Waals surface area contributed by atoms with Crippen LogP contribution in [-0.4, -0.2) is 48.9 Å². The Morgan fingerprint density at radius 3 is 2.50 bits per heavy atom. The first-order chi connectivity index (χ1) is 15.4. The summed E-state index contributed by atoms with van der Waals surface area (Å²) in [5.74, 6) is 0.655. The number of halogens is 3. The highest BCUT2D eigenvalue weighted by atomic mass is 19.4. The minimum atomic E-state index is -4.53. The summed E-state index contributed by atoms with van der Waals surface area (Å²) in [5.41, 5.74) is 0.167. The zero-order chi connectivity index (χ0) is 22.3. The lowest BCUT2D eigenvalue weighted by Gasteiger charge is -2.26. The maximum Gasteiger partial charge on any atom is 0.434 e. The van der Waals surface area contributed by atoms with Gasteiger partial charge >= 0.3 is 6.18 Å². The summed E-state index contributed by atoms with van der Waals surface area (Å²) in [6.07, 6.45) is 2.93. The van der Waals surface area contributed by atoms with Gasteiger partial charge in [0.25, 0.3) is 5.91 Å². The van der Waals surface area contributed by atoms with Crippen molar-refractivity contribution in [1.29, 1.82) is 0 Å². The molecule has 7 nitrogen and oxygen atoms in total. The number of anilines is 1. The monoisotopic (exact) mass is 440 g/mol. The maximum atomic E-state index is 13.5. The standard InChI is InChI=1S/C22H19F3N6O/c23-22(24,25)18-11-29-19(12-28-18)30-16-10-13-6-7-17(16)31(13)21(32)15-5-2-1-4-14(15)20-26-8-3-9-27-20/h1-5,8-9,11-13,16-17H,6-7,10H2,(H,29,30)/t13-,16-,17+/m1/s1. The van der Waals surface area contributed by atoms with Gasteiger partial charge in [0.05, 0.1) is 30.0 Å². The maximum absolute atomic E-state index is 13.5. The first-order valence-electron chi connectivity index (χ1n) is 10.3. The number of hydrogen-bond donors (Lipinski definition) is 1. The molecule has 1 N–H and O–H groups in total. The third kappa shape index (κ3) is 3.65. The molecule has 10 heteroatoms. The lowest BCUT2D eigenvalue weighted by Crippen LogP contribution is -2.40. The van der Waals surface area contributed by atoms with Crippen molar-refractivity contribution in [2.75, 3.05) is 5.32 Å². The Hall–Kier alpha value is -3.56. The van der Waals surface area contributed by atoms with Crippen molar-refractivity contribution in [2.24, 2.45) is 0 Å². The Morgan fingerprint density at radius 2 is 1.78 bits per heavy atom. The van der Waals surface area contributed by atoms with Crippen molar-refractivity contribution in [3.05, 3.63) is 66.4 Å². The summed E-state index contributed by atoms with van der Waals surface area (Å²) >= 11 is 0. The number of carbonyl (C=O) groups is 1. The van der Waals surface area contributed by atoms with E-state index in [2.05, 4.69) is 25.3 Å². The van der Waals surface area contributed by atoms with Crippen LogP contribution in [0.15, 0.2) is 55.1 Å². The molecule has 2 aromatic heterocycles. The Bertz CT molecular complexity index is 1120. The van der Waals surface area contributed by atoms with E-state index < -0.39 is 11.9 Å². The van der Waals surface area contributed by atoms with Gasteiger partial charge in [0, 0.05) is 24.0 Å². The molecule has 0 radical (unpaired) electrons. The first kappa shape index (κ1) is 20.3. The molecule has 0 spiro atoms. The topological polar surface area (TPSA) is 83.9 Å². The summed E-state index contributed by atoms with van der Waals surface area (Å²) in [7, 11) is 0. The van der Waals surface area contributed by atoms with Gasteiger partial charge in [-0.3, -0.25) is 4.79 Å². The van der Waals surface area contributed by atoms with E-state index in [9.17, 15) is 18.0 Å². The van der Waals surface area contributed by atoms with E-state index in [0.717, 1.165) is 19.0 Å². The summed E-state index contributed by atoms with van der Waals surface area (Å²) in [4.78, 5) is 31.3. The third-order valence-corrected chi connectivity index (χ3v) is 6.01. The molecule has 2 bridgehead atoms. The molecule has 2 aliphatic rings. The van der Waals surface area contributed by atoms with Gasteiger partial charge in [-0.1, -0.05) is 18.2 Å². The summed E-state index contributed by atoms with van der Waals surface area (Å²) in [5, 5.41) is 3.17. The Labute approximate surface area is 181 Å². The van der Waals surface area contributed by atoms with Crippen molar-refractivity contribution >= 4 is 11.7 Å². The first-order valence-corrected chi connectivity index (χ1v) is 10.3. The molecule has 2 saturated heterocycles. The molecule has 2 fully saturated rings. The largest absolute Gasteiger partial charge is 0.434 e. The second-order valence-corrected chi connectivity index (χ2v) is 7.90. The van der Waals surface area contributed by atoms with Crippen LogP contribution >= 0.6 is 0 Å². The summed E-state index contributed by atoms with van der Waals surface area (Å²) in [6.45, 7) is 0. The van der Waals surface area contributed by atoms with Crippen LogP contribution in [0, 0.1) is 0 Å². The fourth-order valence-corrected chi connectivity index (χ4v) is 4.64. The molecule has 1 aromatic carbocycles. The quantitative estimate of drug-likeness (QED) is 0.664. The SMILES string of the molecule is O=C(c1ccccc1-c1ncccn1)N1[C@@H]2CC[C@H]1[C@H](Nc1cnc(C(F)(F)F)cn1)C2. The number of carbonyl (C=O) groups excluding carboxylic acids is 1. The molecule has 0 aliphatic carbocycles. The summed E-state index contributed by atoms with van der Waals surface area (Å²) < 4.78 is 38.2. The number of fused-ring (bicyclic) bond motifs is 2. The fourth-order valence-electron chi connectivity index (χ4n) is 4.64. The van der Waals surface area contributed by atoms with Crippen molar-refractivity contribution in [3.63, 3.8) is 0 Å². The van der Waals surface area contributed by atoms with Crippen molar-refractivity contribution in [1.82, 2.24) is 24.8 Å². The lowest BCUT2D eigenvalue weighted by molar-refractivity contribution is -0.141. The number of rotatable bonds is 4. The van der Waals surface area contributed by atoms with Crippen LogP contribution < -0.4 is 5.32 Å². The van der Waals surface area contributed by atoms with Crippen molar-refractivity contribution in [3.8, 4) is 11.4 Å². The van der Waals surface area contributed by atoms with Crippen LogP contribution in [0.4, 0.5) is 19.0 Å². The average Bonchev–Trinajstić information content (AvgIpc) is 3.37. The molecule has 2 aliphatic heterocycles. The van der Waals surface area contributed by atoms with E-state index in [1.807, 2.05) is 23.1 Å². The number of aromatic nitrogens is 4. The zero-order valence-electron chi connectivity index (χ0n) is 16.8. The number of amides is 1. The van der Waals surface area contributed by atoms with Crippen molar-refractivity contribution in [2.45, 2.75) is 43.6 Å². The van der Waals surface area contributed by atoms with E-state index in [1.54, 1.807) is 24.5 Å². The molecule has 32 heavy (non-hydrogen) atoms. The number of nitrogens with one attached hydrogen (secondary N) is 1. The van der Waals surface area contributed by atoms with E-state index in [4.69, 9.17) is 0 Å². The smallest absolute Gasteiger partial charge is 0.364 e. The number of benzene rings is 1. The van der Waals surface area contributed by atoms with Gasteiger partial charge in [-0.05, 0) is 31.4 Å². The Morgan fingerprint density at radius 1 is 1.00 bits per heavy atom. The fraction of sp³-hybridized carbons (Fsp3) is 0.318. The Kier molecular flexibility index (Phi) is 4.99. The number of nitrogens with zero attached hydrogens (tertiary/aromatic N) is 5. The van der Waals surface area contributed by atoms with Gasteiger partial charge in [0.15, 0.2) is 11.5 Å². The zero-order valence-corrected chi connectivity index (χ0v) is 16.8. The highest BCUT2D eigenvalue weighted by Crippen LogP contribution is 2.40. The summed E-state index contributed by atoms with van der Waals surface area (Å²) in [6, 6.07) is 8.83.